The highest BCUT2D eigenvalue weighted by Gasteiger charge is 2.69. The van der Waals surface area contributed by atoms with Crippen LogP contribution in [0.15, 0.2) is 40.5 Å². The second-order valence-electron chi connectivity index (χ2n) is 14.5. The fraction of sp³-hybridized carbons (Fsp3) is 0.694. The summed E-state index contributed by atoms with van der Waals surface area (Å²) in [5, 5.41) is 11.8. The molecule has 2 saturated heterocycles. The van der Waals surface area contributed by atoms with Gasteiger partial charge in [0.1, 0.15) is 30.0 Å². The number of hydrogen-bond donors (Lipinski definition) is 1. The number of carbonyl (C=O) groups excluding carboxylic acids is 3. The number of hydrogen-bond acceptors (Lipinski definition) is 12. The summed E-state index contributed by atoms with van der Waals surface area (Å²) >= 11 is 0. The first-order valence-electron chi connectivity index (χ1n) is 17.2. The van der Waals surface area contributed by atoms with Crippen LogP contribution in [0.25, 0.3) is 0 Å². The number of fused-ring (bicyclic) bond motifs is 2. The molecule has 1 unspecified atom stereocenters. The van der Waals surface area contributed by atoms with E-state index in [1.54, 1.807) is 44.7 Å². The standard InChI is InChI=1S/C36H53NO12S/c1-10-11-17-36-25(16-18-47-50(42,43)24-14-12-21(2)13-15-24)30(39)28(22(3)29(38)32-31(45-9)23(4)33(40)48-32)26(19-27(36)46-20-44-8)37(36)34(41)49-35(5,6)7/h12-15,22,25-29,32,38H,10-11,16-20H2,1-9H3/t22-,25-,26-,27-,28+,29-,32?,36-/m0/s1. The van der Waals surface area contributed by atoms with Gasteiger partial charge in [-0.25, -0.2) is 9.59 Å². The van der Waals surface area contributed by atoms with Crippen LogP contribution in [0.2, 0.25) is 0 Å². The monoisotopic (exact) mass is 723 g/mol. The van der Waals surface area contributed by atoms with Gasteiger partial charge in [0.25, 0.3) is 10.1 Å². The summed E-state index contributed by atoms with van der Waals surface area (Å²) in [5.74, 6) is -3.59. The summed E-state index contributed by atoms with van der Waals surface area (Å²) in [6.07, 6.45) is -2.06. The number of cyclic esters (lactones) is 1. The van der Waals surface area contributed by atoms with Gasteiger partial charge in [-0.15, -0.1) is 0 Å². The molecule has 2 fully saturated rings. The molecule has 1 aromatic rings. The summed E-state index contributed by atoms with van der Waals surface area (Å²) < 4.78 is 60.4. The zero-order valence-electron chi connectivity index (χ0n) is 30.6. The van der Waals surface area contributed by atoms with E-state index in [9.17, 15) is 27.9 Å². The van der Waals surface area contributed by atoms with Crippen molar-refractivity contribution in [1.82, 2.24) is 4.90 Å². The highest BCUT2D eigenvalue weighted by atomic mass is 32.2. The topological polar surface area (TPSA) is 164 Å². The number of nitrogens with zero attached hydrogens (tertiary/aromatic N) is 1. The van der Waals surface area contributed by atoms with Crippen LogP contribution in [0.1, 0.15) is 79.2 Å². The van der Waals surface area contributed by atoms with Crippen LogP contribution < -0.4 is 0 Å². The molecule has 13 nitrogen and oxygen atoms in total. The lowest BCUT2D eigenvalue weighted by Crippen LogP contribution is -2.69. The van der Waals surface area contributed by atoms with Gasteiger partial charge in [0.05, 0.1) is 35.8 Å². The molecule has 0 aromatic heterocycles. The molecule has 8 atom stereocenters. The molecule has 0 spiro atoms. The molecule has 1 aromatic carbocycles. The van der Waals surface area contributed by atoms with Gasteiger partial charge in [-0.05, 0) is 71.9 Å². The smallest absolute Gasteiger partial charge is 0.411 e. The van der Waals surface area contributed by atoms with Gasteiger partial charge in [0.2, 0.25) is 0 Å². The Morgan fingerprint density at radius 2 is 1.80 bits per heavy atom. The summed E-state index contributed by atoms with van der Waals surface area (Å²) in [4.78, 5) is 43.4. The van der Waals surface area contributed by atoms with Crippen molar-refractivity contribution in [3.63, 3.8) is 0 Å². The average molecular weight is 724 g/mol. The van der Waals surface area contributed by atoms with Crippen molar-refractivity contribution in [2.24, 2.45) is 17.8 Å². The van der Waals surface area contributed by atoms with Gasteiger partial charge in [0.15, 0.2) is 6.10 Å². The van der Waals surface area contributed by atoms with Gasteiger partial charge >= 0.3 is 12.1 Å². The van der Waals surface area contributed by atoms with Crippen LogP contribution in [0.3, 0.4) is 0 Å². The number of unbranched alkanes of at least 4 members (excludes halogenated alkanes) is 1. The summed E-state index contributed by atoms with van der Waals surface area (Å²) in [6.45, 7) is 11.8. The molecule has 1 amide bonds. The predicted molar refractivity (Wildman–Crippen MR) is 181 cm³/mol. The Morgan fingerprint density at radius 1 is 1.14 bits per heavy atom. The number of aliphatic hydroxyl groups is 1. The number of ketones is 1. The molecule has 3 heterocycles. The lowest BCUT2D eigenvalue weighted by molar-refractivity contribution is -0.164. The Morgan fingerprint density at radius 3 is 2.38 bits per heavy atom. The molecule has 0 saturated carbocycles. The Hall–Kier alpha value is -3.04. The van der Waals surface area contributed by atoms with Crippen LogP contribution in [-0.4, -0.2) is 99.4 Å². The minimum absolute atomic E-state index is 0.0191. The van der Waals surface area contributed by atoms with Gasteiger partial charge in [-0.3, -0.25) is 13.9 Å². The SMILES string of the molecule is CCCC[C@@]12[C@@H](OCOC)C[C@@H]([C@@H]([C@H](C)[C@H](O)C3OC(=O)C(C)=C3OC)C(=O)[C@@H]1CCOS(=O)(=O)c1ccc(C)cc1)N2C(=O)OC(C)(C)C. The first-order chi connectivity index (χ1) is 23.4. The number of carbonyl (C=O) groups is 3. The maximum absolute atomic E-state index is 15.0. The number of ether oxygens (including phenoxy) is 5. The molecule has 0 radical (unpaired) electrons. The minimum Gasteiger partial charge on any atom is -0.496 e. The third-order valence-corrected chi connectivity index (χ3v) is 11.5. The van der Waals surface area contributed by atoms with Crippen LogP contribution in [0, 0.1) is 24.7 Å². The second-order valence-corrected chi connectivity index (χ2v) is 16.2. The highest BCUT2D eigenvalue weighted by Crippen LogP contribution is 2.55. The molecule has 280 valence electrons. The molecule has 14 heteroatoms. The molecular weight excluding hydrogens is 670 g/mol. The first-order valence-corrected chi connectivity index (χ1v) is 18.6. The van der Waals surface area contributed by atoms with Gasteiger partial charge in [-0.1, -0.05) is 44.4 Å². The van der Waals surface area contributed by atoms with Crippen molar-refractivity contribution in [1.29, 1.82) is 0 Å². The van der Waals surface area contributed by atoms with Gasteiger partial charge in [-0.2, -0.15) is 8.42 Å². The molecule has 3 aliphatic rings. The number of piperidine rings is 1. The van der Waals surface area contributed by atoms with Crippen molar-refractivity contribution in [3.8, 4) is 0 Å². The van der Waals surface area contributed by atoms with Crippen molar-refractivity contribution < 1.29 is 55.8 Å². The molecule has 3 aliphatic heterocycles. The zero-order valence-corrected chi connectivity index (χ0v) is 31.4. The average Bonchev–Trinajstić information content (AvgIpc) is 3.49. The summed E-state index contributed by atoms with van der Waals surface area (Å²) in [6, 6.07) is 5.47. The van der Waals surface area contributed by atoms with Crippen molar-refractivity contribution in [3.05, 3.63) is 41.2 Å². The quantitative estimate of drug-likeness (QED) is 0.151. The number of benzene rings is 1. The number of amides is 1. The molecule has 1 N–H and O–H groups in total. The molecule has 0 aliphatic carbocycles. The van der Waals surface area contributed by atoms with Crippen LogP contribution in [-0.2, 0) is 47.6 Å². The normalized spacial score (nSPS) is 28.1. The van der Waals surface area contributed by atoms with E-state index in [2.05, 4.69) is 0 Å². The highest BCUT2D eigenvalue weighted by molar-refractivity contribution is 7.86. The summed E-state index contributed by atoms with van der Waals surface area (Å²) in [5.41, 5.74) is -1.04. The van der Waals surface area contributed by atoms with E-state index < -0.39 is 75.4 Å². The number of methoxy groups -OCH3 is 2. The largest absolute Gasteiger partial charge is 0.496 e. The van der Waals surface area contributed by atoms with E-state index in [0.717, 1.165) is 12.0 Å². The Kier molecular flexibility index (Phi) is 12.5. The Bertz CT molecular complexity index is 1530. The predicted octanol–water partition coefficient (Wildman–Crippen LogP) is 4.68. The number of esters is 1. The third kappa shape index (κ3) is 7.74. The van der Waals surface area contributed by atoms with Crippen molar-refractivity contribution in [2.45, 2.75) is 121 Å². The fourth-order valence-electron chi connectivity index (χ4n) is 7.86. The lowest BCUT2D eigenvalue weighted by Gasteiger charge is -2.54. The molecule has 50 heavy (non-hydrogen) atoms. The van der Waals surface area contributed by atoms with Gasteiger partial charge < -0.3 is 28.8 Å². The van der Waals surface area contributed by atoms with Crippen molar-refractivity contribution in [2.75, 3.05) is 27.6 Å². The Balaban J connectivity index is 1.82. The Labute approximate surface area is 295 Å². The van der Waals surface area contributed by atoms with Gasteiger partial charge in [0, 0.05) is 25.0 Å². The second kappa shape index (κ2) is 15.7. The molecule has 2 bridgehead atoms. The van der Waals surface area contributed by atoms with E-state index in [1.165, 1.54) is 33.3 Å². The molecular formula is C36H53NO12S. The van der Waals surface area contributed by atoms with E-state index in [1.807, 2.05) is 13.8 Å². The van der Waals surface area contributed by atoms with E-state index in [0.29, 0.717) is 12.8 Å². The van der Waals surface area contributed by atoms with Crippen molar-refractivity contribution >= 4 is 28.0 Å². The number of aliphatic hydroxyl groups excluding tert-OH is 1. The number of aryl methyl sites for hydroxylation is 1. The number of Topliss-reactive ketones (excluding diaryl/α,β-unsaturated/α-hetero) is 1. The zero-order chi connectivity index (χ0) is 37.2. The van der Waals surface area contributed by atoms with E-state index in [4.69, 9.17) is 27.9 Å². The van der Waals surface area contributed by atoms with E-state index >= 15 is 0 Å². The fourth-order valence-corrected chi connectivity index (χ4v) is 8.78. The number of rotatable bonds is 15. The third-order valence-electron chi connectivity index (χ3n) is 10.1. The molecule has 4 rings (SSSR count). The van der Waals surface area contributed by atoms with Crippen LogP contribution >= 0.6 is 0 Å². The maximum atomic E-state index is 15.0. The minimum atomic E-state index is -4.18. The maximum Gasteiger partial charge on any atom is 0.411 e. The van der Waals surface area contributed by atoms with E-state index in [-0.39, 0.29) is 48.3 Å². The first kappa shape index (κ1) is 39.7. The van der Waals surface area contributed by atoms with Crippen LogP contribution in [0.4, 0.5) is 4.79 Å². The lowest BCUT2D eigenvalue weighted by atomic mass is 9.65. The van der Waals surface area contributed by atoms with Crippen LogP contribution in [0.5, 0.6) is 0 Å². The summed E-state index contributed by atoms with van der Waals surface area (Å²) in [7, 11) is -1.33.